The van der Waals surface area contributed by atoms with Crippen LogP contribution in [-0.2, 0) is 9.47 Å². The van der Waals surface area contributed by atoms with E-state index in [4.69, 9.17) is 18.9 Å². The summed E-state index contributed by atoms with van der Waals surface area (Å²) in [6.45, 7) is 4.20. The highest BCUT2D eigenvalue weighted by molar-refractivity contribution is 5.89. The van der Waals surface area contributed by atoms with E-state index in [0.29, 0.717) is 13.2 Å². The third-order valence-electron chi connectivity index (χ3n) is 3.14. The van der Waals surface area contributed by atoms with Gasteiger partial charge in [0.1, 0.15) is 24.2 Å². The Kier molecular flexibility index (Phi) is 4.04. The summed E-state index contributed by atoms with van der Waals surface area (Å²) in [5, 5.41) is 2.17. The van der Waals surface area contributed by atoms with Gasteiger partial charge in [-0.25, -0.2) is 0 Å². The Morgan fingerprint density at radius 3 is 2.85 bits per heavy atom. The average molecular weight is 274 g/mol. The number of epoxide rings is 1. The van der Waals surface area contributed by atoms with Gasteiger partial charge in [-0.15, -0.1) is 0 Å². The largest absolute Gasteiger partial charge is 0.490 e. The molecule has 1 saturated heterocycles. The predicted octanol–water partition coefficient (Wildman–Crippen LogP) is 2.99. The van der Waals surface area contributed by atoms with E-state index in [2.05, 4.69) is 0 Å². The lowest BCUT2D eigenvalue weighted by molar-refractivity contribution is 0.0224. The third-order valence-corrected chi connectivity index (χ3v) is 3.14. The first kappa shape index (κ1) is 13.2. The van der Waals surface area contributed by atoms with Gasteiger partial charge in [-0.3, -0.25) is 0 Å². The molecular weight excluding hydrogens is 256 g/mol. The summed E-state index contributed by atoms with van der Waals surface area (Å²) in [5.41, 5.74) is 0. The number of rotatable bonds is 7. The Labute approximate surface area is 118 Å². The molecule has 0 N–H and O–H groups in total. The fourth-order valence-electron chi connectivity index (χ4n) is 1.99. The average Bonchev–Trinajstić information content (AvgIpc) is 3.29. The molecule has 0 spiro atoms. The standard InChI is InChI=1S/C16H18O4/c1-2-17-11-20-13-7-12-5-3-4-6-15(12)16(8-13)19-10-14-9-18-14/h3-8,14H,2,9-11H2,1H3. The van der Waals surface area contributed by atoms with Crippen LogP contribution >= 0.6 is 0 Å². The van der Waals surface area contributed by atoms with Gasteiger partial charge in [0.2, 0.25) is 0 Å². The van der Waals surface area contributed by atoms with Crippen LogP contribution in [0.5, 0.6) is 11.5 Å². The molecule has 1 fully saturated rings. The Balaban J connectivity index is 1.83. The van der Waals surface area contributed by atoms with Crippen LogP contribution in [0, 0.1) is 0 Å². The first-order valence-electron chi connectivity index (χ1n) is 6.84. The zero-order valence-electron chi connectivity index (χ0n) is 11.5. The van der Waals surface area contributed by atoms with Crippen LogP contribution < -0.4 is 9.47 Å². The molecule has 3 rings (SSSR count). The SMILES string of the molecule is CCOCOc1cc(OCC2CO2)c2ccccc2c1. The predicted molar refractivity (Wildman–Crippen MR) is 76.3 cm³/mol. The third kappa shape index (κ3) is 3.21. The first-order valence-corrected chi connectivity index (χ1v) is 6.84. The number of benzene rings is 2. The van der Waals surface area contributed by atoms with Crippen molar-refractivity contribution in [1.82, 2.24) is 0 Å². The molecule has 1 aliphatic rings. The quantitative estimate of drug-likeness (QED) is 0.442. The van der Waals surface area contributed by atoms with E-state index in [-0.39, 0.29) is 12.9 Å². The summed E-state index contributed by atoms with van der Waals surface area (Å²) in [6, 6.07) is 12.0. The van der Waals surface area contributed by atoms with Gasteiger partial charge >= 0.3 is 0 Å². The smallest absolute Gasteiger partial charge is 0.189 e. The van der Waals surface area contributed by atoms with Crippen LogP contribution in [0.1, 0.15) is 6.92 Å². The molecule has 20 heavy (non-hydrogen) atoms. The van der Waals surface area contributed by atoms with Crippen molar-refractivity contribution in [2.24, 2.45) is 0 Å². The van der Waals surface area contributed by atoms with Gasteiger partial charge in [-0.1, -0.05) is 24.3 Å². The summed E-state index contributed by atoms with van der Waals surface area (Å²) in [4.78, 5) is 0. The molecular formula is C16H18O4. The fourth-order valence-corrected chi connectivity index (χ4v) is 1.99. The van der Waals surface area contributed by atoms with E-state index in [9.17, 15) is 0 Å². The zero-order chi connectivity index (χ0) is 13.8. The molecule has 1 aliphatic heterocycles. The van der Waals surface area contributed by atoms with Crippen molar-refractivity contribution in [2.45, 2.75) is 13.0 Å². The van der Waals surface area contributed by atoms with Gasteiger partial charge in [-0.2, -0.15) is 0 Å². The topological polar surface area (TPSA) is 40.2 Å². The molecule has 0 radical (unpaired) electrons. The van der Waals surface area contributed by atoms with E-state index < -0.39 is 0 Å². The molecule has 2 aromatic carbocycles. The van der Waals surface area contributed by atoms with Gasteiger partial charge in [0.25, 0.3) is 0 Å². The van der Waals surface area contributed by atoms with Crippen LogP contribution in [0.4, 0.5) is 0 Å². The molecule has 1 unspecified atom stereocenters. The minimum Gasteiger partial charge on any atom is -0.490 e. The van der Waals surface area contributed by atoms with Crippen molar-refractivity contribution < 1.29 is 18.9 Å². The normalized spacial score (nSPS) is 17.1. The number of hydrogen-bond acceptors (Lipinski definition) is 4. The van der Waals surface area contributed by atoms with Crippen molar-refractivity contribution in [1.29, 1.82) is 0 Å². The van der Waals surface area contributed by atoms with Crippen molar-refractivity contribution in [3.05, 3.63) is 36.4 Å². The first-order chi connectivity index (χ1) is 9.86. The van der Waals surface area contributed by atoms with E-state index in [1.54, 1.807) is 0 Å². The van der Waals surface area contributed by atoms with Crippen LogP contribution in [0.25, 0.3) is 10.8 Å². The van der Waals surface area contributed by atoms with Gasteiger partial charge in [0.05, 0.1) is 6.61 Å². The van der Waals surface area contributed by atoms with E-state index in [0.717, 1.165) is 28.9 Å². The number of hydrogen-bond donors (Lipinski definition) is 0. The lowest BCUT2D eigenvalue weighted by atomic mass is 10.1. The van der Waals surface area contributed by atoms with Crippen LogP contribution in [0.3, 0.4) is 0 Å². The lowest BCUT2D eigenvalue weighted by Crippen LogP contribution is -2.05. The maximum absolute atomic E-state index is 5.84. The van der Waals surface area contributed by atoms with Gasteiger partial charge in [0.15, 0.2) is 6.79 Å². The Hall–Kier alpha value is -1.78. The highest BCUT2D eigenvalue weighted by atomic mass is 16.7. The highest BCUT2D eigenvalue weighted by Gasteiger charge is 2.23. The lowest BCUT2D eigenvalue weighted by Gasteiger charge is -2.12. The second kappa shape index (κ2) is 6.11. The molecule has 0 bridgehead atoms. The summed E-state index contributed by atoms with van der Waals surface area (Å²) < 4.78 is 21.8. The maximum Gasteiger partial charge on any atom is 0.189 e. The summed E-state index contributed by atoms with van der Waals surface area (Å²) in [6.07, 6.45) is 0.238. The molecule has 1 heterocycles. The minimum absolute atomic E-state index is 0.238. The number of fused-ring (bicyclic) bond motifs is 1. The van der Waals surface area contributed by atoms with Crippen LogP contribution in [0.15, 0.2) is 36.4 Å². The Morgan fingerprint density at radius 1 is 1.20 bits per heavy atom. The zero-order valence-corrected chi connectivity index (χ0v) is 11.5. The van der Waals surface area contributed by atoms with Crippen molar-refractivity contribution in [3.8, 4) is 11.5 Å². The molecule has 0 amide bonds. The van der Waals surface area contributed by atoms with Gasteiger partial charge < -0.3 is 18.9 Å². The summed E-state index contributed by atoms with van der Waals surface area (Å²) in [7, 11) is 0. The molecule has 0 saturated carbocycles. The van der Waals surface area contributed by atoms with Crippen LogP contribution in [-0.4, -0.2) is 32.7 Å². The Morgan fingerprint density at radius 2 is 2.05 bits per heavy atom. The molecule has 0 aromatic heterocycles. The highest BCUT2D eigenvalue weighted by Crippen LogP contribution is 2.31. The number of ether oxygens (including phenoxy) is 4. The van der Waals surface area contributed by atoms with Crippen LogP contribution in [0.2, 0.25) is 0 Å². The minimum atomic E-state index is 0.238. The van der Waals surface area contributed by atoms with E-state index in [1.165, 1.54) is 0 Å². The second-order valence-corrected chi connectivity index (χ2v) is 4.66. The van der Waals surface area contributed by atoms with Crippen molar-refractivity contribution in [2.75, 3.05) is 26.6 Å². The molecule has 106 valence electrons. The molecule has 1 atom stereocenters. The molecule has 4 heteroatoms. The monoisotopic (exact) mass is 274 g/mol. The van der Waals surface area contributed by atoms with Crippen molar-refractivity contribution >= 4 is 10.8 Å². The molecule has 2 aromatic rings. The van der Waals surface area contributed by atoms with E-state index in [1.807, 2.05) is 43.3 Å². The van der Waals surface area contributed by atoms with Crippen molar-refractivity contribution in [3.63, 3.8) is 0 Å². The second-order valence-electron chi connectivity index (χ2n) is 4.66. The fraction of sp³-hybridized carbons (Fsp3) is 0.375. The molecule has 0 aliphatic carbocycles. The van der Waals surface area contributed by atoms with Gasteiger partial charge in [0, 0.05) is 18.1 Å². The Bertz CT molecular complexity index is 578. The summed E-state index contributed by atoms with van der Waals surface area (Å²) in [5.74, 6) is 1.58. The van der Waals surface area contributed by atoms with Gasteiger partial charge in [-0.05, 0) is 18.4 Å². The van der Waals surface area contributed by atoms with E-state index >= 15 is 0 Å². The maximum atomic E-state index is 5.84. The summed E-state index contributed by atoms with van der Waals surface area (Å²) >= 11 is 0. The molecule has 4 nitrogen and oxygen atoms in total.